The van der Waals surface area contributed by atoms with Crippen LogP contribution in [0.2, 0.25) is 0 Å². The largest absolute Gasteiger partial charge is 0.371 e. The lowest BCUT2D eigenvalue weighted by Gasteiger charge is -2.50. The van der Waals surface area contributed by atoms with E-state index in [4.69, 9.17) is 4.74 Å². The van der Waals surface area contributed by atoms with Crippen molar-refractivity contribution in [3.05, 3.63) is 36.6 Å². The Balaban J connectivity index is 1.89. The van der Waals surface area contributed by atoms with Crippen molar-refractivity contribution in [1.29, 1.82) is 0 Å². The van der Waals surface area contributed by atoms with Crippen molar-refractivity contribution in [2.45, 2.75) is 75.7 Å². The van der Waals surface area contributed by atoms with Gasteiger partial charge in [-0.05, 0) is 49.7 Å². The fourth-order valence-electron chi connectivity index (χ4n) is 5.17. The number of aliphatic hydroxyl groups excluding tert-OH is 1. The molecule has 3 aliphatic rings. The minimum atomic E-state index is -1.36. The van der Waals surface area contributed by atoms with Crippen LogP contribution in [0.1, 0.15) is 44.9 Å². The molecule has 0 aromatic rings. The van der Waals surface area contributed by atoms with Crippen LogP contribution in [0, 0.1) is 11.8 Å². The first kappa shape index (κ1) is 19.6. The third-order valence-corrected chi connectivity index (χ3v) is 6.46. The highest BCUT2D eigenvalue weighted by atomic mass is 19.1. The van der Waals surface area contributed by atoms with E-state index in [0.29, 0.717) is 19.3 Å². The van der Waals surface area contributed by atoms with E-state index >= 15 is 0 Å². The lowest BCUT2D eigenvalue weighted by Crippen LogP contribution is -2.52. The number of hydrogen-bond donors (Lipinski definition) is 1. The van der Waals surface area contributed by atoms with Crippen molar-refractivity contribution in [1.82, 2.24) is 4.90 Å². The van der Waals surface area contributed by atoms with Crippen LogP contribution in [-0.2, 0) is 4.74 Å². The van der Waals surface area contributed by atoms with Crippen LogP contribution < -0.4 is 0 Å². The topological polar surface area (TPSA) is 32.7 Å². The average Bonchev–Trinajstić information content (AvgIpc) is 2.64. The zero-order valence-corrected chi connectivity index (χ0v) is 15.6. The Morgan fingerprint density at radius 3 is 2.35 bits per heavy atom. The summed E-state index contributed by atoms with van der Waals surface area (Å²) in [4.78, 5) is 2.22. The summed E-state index contributed by atoms with van der Waals surface area (Å²) in [6, 6.07) is 0.275. The minimum Gasteiger partial charge on any atom is -0.371 e. The third kappa shape index (κ3) is 3.48. The van der Waals surface area contributed by atoms with Gasteiger partial charge < -0.3 is 14.7 Å². The Hall–Kier alpha value is -1.20. The summed E-state index contributed by atoms with van der Waals surface area (Å²) in [5, 5.41) is 10.9. The van der Waals surface area contributed by atoms with Gasteiger partial charge in [-0.15, -0.1) is 0 Å². The highest BCUT2D eigenvalue weighted by Gasteiger charge is 2.46. The molecule has 0 bridgehead atoms. The van der Waals surface area contributed by atoms with Crippen LogP contribution in [0.4, 0.5) is 8.78 Å². The van der Waals surface area contributed by atoms with Crippen molar-refractivity contribution in [3.63, 3.8) is 0 Å². The van der Waals surface area contributed by atoms with Gasteiger partial charge in [0.25, 0.3) is 0 Å². The van der Waals surface area contributed by atoms with E-state index in [1.165, 1.54) is 0 Å². The summed E-state index contributed by atoms with van der Waals surface area (Å²) >= 11 is 0. The van der Waals surface area contributed by atoms with Gasteiger partial charge in [-0.3, -0.25) is 0 Å². The second-order valence-corrected chi connectivity index (χ2v) is 7.86. The average molecular weight is 367 g/mol. The van der Waals surface area contributed by atoms with E-state index in [1.807, 2.05) is 7.05 Å². The summed E-state index contributed by atoms with van der Waals surface area (Å²) in [6.07, 6.45) is 3.70. The second-order valence-electron chi connectivity index (χ2n) is 7.86. The van der Waals surface area contributed by atoms with Crippen LogP contribution in [0.3, 0.4) is 0 Å². The lowest BCUT2D eigenvalue weighted by molar-refractivity contribution is -0.209. The molecule has 2 fully saturated rings. The number of aliphatic hydroxyl groups is 1. The lowest BCUT2D eigenvalue weighted by atomic mass is 9.69. The standard InChI is InChI=1S/C21H31F2NO2/c1-4-13-17(5-2)24(3)18-12-7-6-9-14(18)19(13)21(25)26-20-15(22)10-8-11-16(20)23/h4-5,14-16,18-21,25H,1-2,6-12H2,3H3. The SMILES string of the molecule is C=CC1=C(C=C)N(C)C2CCCCC2C1C(O)OC1C(F)CCCC1F. The monoisotopic (exact) mass is 367 g/mol. The predicted octanol–water partition coefficient (Wildman–Crippen LogP) is 4.30. The molecule has 0 radical (unpaired) electrons. The summed E-state index contributed by atoms with van der Waals surface area (Å²) in [5.41, 5.74) is 1.79. The van der Waals surface area contributed by atoms with E-state index in [0.717, 1.165) is 37.0 Å². The molecule has 1 aliphatic heterocycles. The summed E-state index contributed by atoms with van der Waals surface area (Å²) < 4.78 is 34.1. The number of halogens is 2. The number of alkyl halides is 2. The fraction of sp³-hybridized carbons (Fsp3) is 0.714. The second kappa shape index (κ2) is 8.22. The number of rotatable bonds is 5. The molecule has 2 aliphatic carbocycles. The van der Waals surface area contributed by atoms with Crippen molar-refractivity contribution in [3.8, 4) is 0 Å². The molecule has 146 valence electrons. The molecule has 0 aromatic carbocycles. The zero-order chi connectivity index (χ0) is 18.8. The highest BCUT2D eigenvalue weighted by Crippen LogP contribution is 2.45. The summed E-state index contributed by atoms with van der Waals surface area (Å²) in [6.45, 7) is 7.83. The van der Waals surface area contributed by atoms with Crippen LogP contribution in [0.5, 0.6) is 0 Å². The molecule has 0 spiro atoms. The molecule has 6 atom stereocenters. The summed E-state index contributed by atoms with van der Waals surface area (Å²) in [5.74, 6) is -0.150. The summed E-state index contributed by atoms with van der Waals surface area (Å²) in [7, 11) is 2.04. The van der Waals surface area contributed by atoms with Crippen LogP contribution in [0.25, 0.3) is 0 Å². The molecule has 3 rings (SSSR count). The number of ether oxygens (including phenoxy) is 1. The van der Waals surface area contributed by atoms with Crippen molar-refractivity contribution < 1.29 is 18.6 Å². The predicted molar refractivity (Wildman–Crippen MR) is 98.9 cm³/mol. The van der Waals surface area contributed by atoms with Gasteiger partial charge in [0.15, 0.2) is 6.29 Å². The Morgan fingerprint density at radius 1 is 1.08 bits per heavy atom. The molecule has 1 N–H and O–H groups in total. The molecule has 3 nitrogen and oxygen atoms in total. The maximum absolute atomic E-state index is 14.2. The van der Waals surface area contributed by atoms with Crippen LogP contribution in [0.15, 0.2) is 36.6 Å². The van der Waals surface area contributed by atoms with E-state index < -0.39 is 24.7 Å². The molecule has 0 aromatic heterocycles. The number of fused-ring (bicyclic) bond motifs is 1. The Labute approximate surface area is 155 Å². The molecule has 5 heteroatoms. The smallest absolute Gasteiger partial charge is 0.162 e. The van der Waals surface area contributed by atoms with E-state index in [-0.39, 0.29) is 17.9 Å². The molecular weight excluding hydrogens is 336 g/mol. The maximum Gasteiger partial charge on any atom is 0.162 e. The van der Waals surface area contributed by atoms with Gasteiger partial charge in [0.2, 0.25) is 0 Å². The number of nitrogens with zero attached hydrogens (tertiary/aromatic N) is 1. The van der Waals surface area contributed by atoms with Gasteiger partial charge in [0, 0.05) is 24.7 Å². The van der Waals surface area contributed by atoms with Gasteiger partial charge in [-0.1, -0.05) is 32.1 Å². The van der Waals surface area contributed by atoms with Gasteiger partial charge in [0.1, 0.15) is 18.4 Å². The first-order valence-electron chi connectivity index (χ1n) is 9.83. The Kier molecular flexibility index (Phi) is 6.18. The first-order chi connectivity index (χ1) is 12.5. The zero-order valence-electron chi connectivity index (χ0n) is 15.6. The van der Waals surface area contributed by atoms with Crippen molar-refractivity contribution in [2.75, 3.05) is 7.05 Å². The maximum atomic E-state index is 14.2. The molecular formula is C21H31F2NO2. The first-order valence-corrected chi connectivity index (χ1v) is 9.83. The van der Waals surface area contributed by atoms with E-state index in [9.17, 15) is 13.9 Å². The van der Waals surface area contributed by atoms with Crippen LogP contribution >= 0.6 is 0 Å². The quantitative estimate of drug-likeness (QED) is 0.736. The number of allylic oxidation sites excluding steroid dienone is 2. The molecule has 6 unspecified atom stereocenters. The highest BCUT2D eigenvalue weighted by molar-refractivity contribution is 5.37. The molecule has 0 saturated heterocycles. The number of hydrogen-bond acceptors (Lipinski definition) is 3. The Bertz CT molecular complexity index is 554. The molecule has 26 heavy (non-hydrogen) atoms. The third-order valence-electron chi connectivity index (χ3n) is 6.46. The molecule has 0 amide bonds. The van der Waals surface area contributed by atoms with Gasteiger partial charge in [-0.25, -0.2) is 8.78 Å². The van der Waals surface area contributed by atoms with Gasteiger partial charge in [0.05, 0.1) is 0 Å². The van der Waals surface area contributed by atoms with E-state index in [2.05, 4.69) is 18.1 Å². The number of likely N-dealkylation sites (N-methyl/N-ethyl adjacent to an activating group) is 1. The van der Waals surface area contributed by atoms with Crippen molar-refractivity contribution >= 4 is 0 Å². The fourth-order valence-corrected chi connectivity index (χ4v) is 5.17. The molecule has 1 heterocycles. The van der Waals surface area contributed by atoms with Gasteiger partial charge >= 0.3 is 0 Å². The molecule has 2 saturated carbocycles. The normalized spacial score (nSPS) is 39.3. The van der Waals surface area contributed by atoms with Crippen LogP contribution in [-0.4, -0.2) is 47.8 Å². The minimum absolute atomic E-state index is 0.181. The Morgan fingerprint density at radius 2 is 1.73 bits per heavy atom. The van der Waals surface area contributed by atoms with E-state index in [1.54, 1.807) is 12.2 Å². The van der Waals surface area contributed by atoms with Crippen molar-refractivity contribution in [2.24, 2.45) is 11.8 Å². The van der Waals surface area contributed by atoms with Gasteiger partial charge in [-0.2, -0.15) is 0 Å².